The van der Waals surface area contributed by atoms with Crippen LogP contribution in [0.5, 0.6) is 0 Å². The molecule has 0 spiro atoms. The Labute approximate surface area is 177 Å². The summed E-state index contributed by atoms with van der Waals surface area (Å²) in [5, 5.41) is 6.31. The molecule has 1 rings (SSSR count). The lowest BCUT2D eigenvalue weighted by molar-refractivity contribution is -0.113. The molecule has 0 radical (unpaired) electrons. The van der Waals surface area contributed by atoms with Gasteiger partial charge in [-0.15, -0.1) is 0 Å². The van der Waals surface area contributed by atoms with Crippen molar-refractivity contribution in [1.29, 1.82) is 0 Å². The van der Waals surface area contributed by atoms with Crippen molar-refractivity contribution in [2.24, 2.45) is 14.1 Å². The molecule has 0 aliphatic carbocycles. The second kappa shape index (κ2) is 13.1. The standard InChI is InChI=1S/C22H32N4O4/c1-5-10-19(28)15-18(12-11-17(2)27)23-13-8-6-7-9-14-24-20-16-21(29)26(4)22(30)25(20)3/h5,10-12,15-16,23-24H,6-9,13-14H2,1-4H3/b10-5-,12-11-,18-15+. The van der Waals surface area contributed by atoms with Crippen molar-refractivity contribution >= 4 is 17.4 Å². The number of unbranched alkanes of at least 4 members (excludes halogenated alkanes) is 3. The molecule has 8 heteroatoms. The minimum Gasteiger partial charge on any atom is -0.385 e. The monoisotopic (exact) mass is 416 g/mol. The Morgan fingerprint density at radius 1 is 0.967 bits per heavy atom. The zero-order valence-corrected chi connectivity index (χ0v) is 18.2. The van der Waals surface area contributed by atoms with Crippen molar-refractivity contribution in [3.05, 3.63) is 63.0 Å². The molecule has 0 aliphatic rings. The van der Waals surface area contributed by atoms with Crippen molar-refractivity contribution in [3.8, 4) is 0 Å². The van der Waals surface area contributed by atoms with Gasteiger partial charge in [-0.05, 0) is 44.9 Å². The van der Waals surface area contributed by atoms with Crippen molar-refractivity contribution < 1.29 is 9.59 Å². The van der Waals surface area contributed by atoms with E-state index in [-0.39, 0.29) is 22.8 Å². The third kappa shape index (κ3) is 8.89. The smallest absolute Gasteiger partial charge is 0.332 e. The van der Waals surface area contributed by atoms with Gasteiger partial charge in [0.15, 0.2) is 11.6 Å². The summed E-state index contributed by atoms with van der Waals surface area (Å²) in [4.78, 5) is 46.5. The lowest BCUT2D eigenvalue weighted by atomic mass is 10.2. The summed E-state index contributed by atoms with van der Waals surface area (Å²) in [5.41, 5.74) is -0.0736. The van der Waals surface area contributed by atoms with Crippen molar-refractivity contribution in [2.75, 3.05) is 18.4 Å². The van der Waals surface area contributed by atoms with Crippen LogP contribution in [0.4, 0.5) is 5.82 Å². The highest BCUT2D eigenvalue weighted by Crippen LogP contribution is 2.03. The fourth-order valence-corrected chi connectivity index (χ4v) is 2.69. The van der Waals surface area contributed by atoms with E-state index in [1.54, 1.807) is 26.1 Å². The Balaban J connectivity index is 2.37. The van der Waals surface area contributed by atoms with Crippen LogP contribution in [0.15, 0.2) is 51.7 Å². The Bertz CT molecular complexity index is 935. The molecule has 0 atom stereocenters. The molecule has 0 saturated heterocycles. The summed E-state index contributed by atoms with van der Waals surface area (Å²) in [6.07, 6.45) is 11.4. The number of nitrogens with zero attached hydrogens (tertiary/aromatic N) is 2. The van der Waals surface area contributed by atoms with E-state index in [1.807, 2.05) is 0 Å². The fraction of sp³-hybridized carbons (Fsp3) is 0.455. The molecule has 2 N–H and O–H groups in total. The lowest BCUT2D eigenvalue weighted by Crippen LogP contribution is -2.37. The molecule has 8 nitrogen and oxygen atoms in total. The van der Waals surface area contributed by atoms with Gasteiger partial charge in [0.1, 0.15) is 5.82 Å². The summed E-state index contributed by atoms with van der Waals surface area (Å²) in [6, 6.07) is 1.42. The summed E-state index contributed by atoms with van der Waals surface area (Å²) < 4.78 is 2.49. The van der Waals surface area contributed by atoms with Crippen LogP contribution in [0.1, 0.15) is 39.5 Å². The number of hydrogen-bond acceptors (Lipinski definition) is 6. The van der Waals surface area contributed by atoms with Gasteiger partial charge in [-0.1, -0.05) is 18.9 Å². The number of hydrogen-bond donors (Lipinski definition) is 2. The largest absolute Gasteiger partial charge is 0.385 e. The summed E-state index contributed by atoms with van der Waals surface area (Å²) in [7, 11) is 3.08. The molecule has 0 bridgehead atoms. The van der Waals surface area contributed by atoms with E-state index in [0.717, 1.165) is 30.3 Å². The molecule has 30 heavy (non-hydrogen) atoms. The molecule has 0 amide bonds. The average molecular weight is 417 g/mol. The first-order valence-electron chi connectivity index (χ1n) is 10.1. The normalized spacial score (nSPS) is 11.9. The van der Waals surface area contributed by atoms with Gasteiger partial charge in [-0.3, -0.25) is 23.5 Å². The zero-order valence-electron chi connectivity index (χ0n) is 18.2. The van der Waals surface area contributed by atoms with E-state index in [0.29, 0.717) is 24.6 Å². The van der Waals surface area contributed by atoms with Crippen LogP contribution in [0.3, 0.4) is 0 Å². The van der Waals surface area contributed by atoms with Crippen molar-refractivity contribution in [1.82, 2.24) is 14.5 Å². The van der Waals surface area contributed by atoms with E-state index in [1.165, 1.54) is 42.8 Å². The topological polar surface area (TPSA) is 102 Å². The minimum atomic E-state index is -0.355. The molecule has 1 aromatic heterocycles. The second-order valence-corrected chi connectivity index (χ2v) is 6.98. The molecule has 1 heterocycles. The Hall–Kier alpha value is -3.16. The number of carbonyl (C=O) groups excluding carboxylic acids is 2. The van der Waals surface area contributed by atoms with Gasteiger partial charge in [0.05, 0.1) is 0 Å². The van der Waals surface area contributed by atoms with Crippen LogP contribution in [0, 0.1) is 0 Å². The highest BCUT2D eigenvalue weighted by atomic mass is 16.2. The van der Waals surface area contributed by atoms with Gasteiger partial charge in [-0.25, -0.2) is 4.79 Å². The number of aromatic nitrogens is 2. The van der Waals surface area contributed by atoms with Gasteiger partial charge >= 0.3 is 5.69 Å². The van der Waals surface area contributed by atoms with Gasteiger partial charge in [0, 0.05) is 45.0 Å². The van der Waals surface area contributed by atoms with Crippen LogP contribution in [-0.4, -0.2) is 33.8 Å². The maximum Gasteiger partial charge on any atom is 0.332 e. The highest BCUT2D eigenvalue weighted by Gasteiger charge is 2.04. The fourth-order valence-electron chi connectivity index (χ4n) is 2.69. The highest BCUT2D eigenvalue weighted by molar-refractivity contribution is 6.00. The molecule has 0 unspecified atom stereocenters. The second-order valence-electron chi connectivity index (χ2n) is 6.98. The number of ketones is 2. The first-order valence-corrected chi connectivity index (χ1v) is 10.1. The Morgan fingerprint density at radius 3 is 2.27 bits per heavy atom. The van der Waals surface area contributed by atoms with Gasteiger partial charge in [0.25, 0.3) is 5.56 Å². The quantitative estimate of drug-likeness (QED) is 0.289. The number of rotatable bonds is 13. The molecular weight excluding hydrogens is 384 g/mol. The van der Waals surface area contributed by atoms with E-state index >= 15 is 0 Å². The van der Waals surface area contributed by atoms with Crippen LogP contribution in [0.25, 0.3) is 0 Å². The van der Waals surface area contributed by atoms with E-state index in [9.17, 15) is 19.2 Å². The Kier molecular flexibility index (Phi) is 10.9. The average Bonchev–Trinajstić information content (AvgIpc) is 2.69. The molecule has 0 aliphatic heterocycles. The van der Waals surface area contributed by atoms with Crippen LogP contribution in [-0.2, 0) is 23.7 Å². The van der Waals surface area contributed by atoms with Crippen molar-refractivity contribution in [2.45, 2.75) is 39.5 Å². The molecule has 0 aromatic carbocycles. The SMILES string of the molecule is C/C=C\C(=O)/C=C(\C=C/C(C)=O)NCCCCCCNc1cc(=O)n(C)c(=O)n1C. The van der Waals surface area contributed by atoms with Crippen LogP contribution < -0.4 is 21.9 Å². The lowest BCUT2D eigenvalue weighted by Gasteiger charge is -2.11. The molecule has 0 fully saturated rings. The van der Waals surface area contributed by atoms with Gasteiger partial charge in [0.2, 0.25) is 0 Å². The molecule has 1 aromatic rings. The third-order valence-corrected chi connectivity index (χ3v) is 4.39. The predicted octanol–water partition coefficient (Wildman–Crippen LogP) is 1.82. The van der Waals surface area contributed by atoms with Crippen LogP contribution in [0.2, 0.25) is 0 Å². The summed E-state index contributed by atoms with van der Waals surface area (Å²) in [5.74, 6) is 0.300. The first kappa shape index (κ1) is 24.9. The van der Waals surface area contributed by atoms with Crippen molar-refractivity contribution in [3.63, 3.8) is 0 Å². The molecule has 164 valence electrons. The van der Waals surface area contributed by atoms with E-state index in [4.69, 9.17) is 0 Å². The molecule has 0 saturated carbocycles. The van der Waals surface area contributed by atoms with Gasteiger partial charge in [-0.2, -0.15) is 0 Å². The molecular formula is C22H32N4O4. The predicted molar refractivity (Wildman–Crippen MR) is 120 cm³/mol. The number of anilines is 1. The summed E-state index contributed by atoms with van der Waals surface area (Å²) in [6.45, 7) is 4.59. The first-order chi connectivity index (χ1) is 14.3. The Morgan fingerprint density at radius 2 is 1.63 bits per heavy atom. The number of nitrogens with one attached hydrogen (secondary N) is 2. The maximum absolute atomic E-state index is 11.9. The number of carbonyl (C=O) groups is 2. The third-order valence-electron chi connectivity index (χ3n) is 4.39. The summed E-state index contributed by atoms with van der Waals surface area (Å²) >= 11 is 0. The zero-order chi connectivity index (χ0) is 22.5. The number of allylic oxidation sites excluding steroid dienone is 5. The van der Waals surface area contributed by atoms with Crippen LogP contribution >= 0.6 is 0 Å². The van der Waals surface area contributed by atoms with Gasteiger partial charge < -0.3 is 10.6 Å². The van der Waals surface area contributed by atoms with E-state index in [2.05, 4.69) is 10.6 Å². The minimum absolute atomic E-state index is 0.0811. The maximum atomic E-state index is 11.9. The van der Waals surface area contributed by atoms with E-state index < -0.39 is 0 Å².